The Hall–Kier alpha value is -3.76. The Morgan fingerprint density at radius 3 is 2.49 bits per heavy atom. The molecule has 10 heteroatoms. The zero-order valence-electron chi connectivity index (χ0n) is 19.0. The van der Waals surface area contributed by atoms with Gasteiger partial charge in [0, 0.05) is 42.9 Å². The molecule has 182 valence electrons. The molecule has 0 bridgehead atoms. The molecule has 9 nitrogen and oxygen atoms in total. The normalized spacial score (nSPS) is 17.0. The zero-order chi connectivity index (χ0) is 25.0. The van der Waals surface area contributed by atoms with Crippen LogP contribution in [0.3, 0.4) is 0 Å². The number of hydrogen-bond donors (Lipinski definition) is 1. The molecule has 1 N–H and O–H groups in total. The molecule has 35 heavy (non-hydrogen) atoms. The number of benzene rings is 3. The summed E-state index contributed by atoms with van der Waals surface area (Å²) in [4.78, 5) is 24.9. The number of amides is 1. The van der Waals surface area contributed by atoms with E-state index in [0.29, 0.717) is 5.56 Å². The highest BCUT2D eigenvalue weighted by Gasteiger charge is 2.28. The Balaban J connectivity index is 1.35. The van der Waals surface area contributed by atoms with Crippen LogP contribution in [0.5, 0.6) is 5.75 Å². The van der Waals surface area contributed by atoms with E-state index in [1.165, 1.54) is 48.0 Å². The lowest BCUT2D eigenvalue weighted by Crippen LogP contribution is -2.37. The van der Waals surface area contributed by atoms with Gasteiger partial charge in [0.2, 0.25) is 0 Å². The second kappa shape index (κ2) is 10.2. The molecule has 2 atom stereocenters. The van der Waals surface area contributed by atoms with Gasteiger partial charge >= 0.3 is 10.1 Å². The molecule has 0 radical (unpaired) electrons. The van der Waals surface area contributed by atoms with Crippen LogP contribution in [-0.4, -0.2) is 43.3 Å². The highest BCUT2D eigenvalue weighted by Crippen LogP contribution is 2.25. The lowest BCUT2D eigenvalue weighted by Gasteiger charge is -2.24. The van der Waals surface area contributed by atoms with E-state index in [2.05, 4.69) is 29.3 Å². The summed E-state index contributed by atoms with van der Waals surface area (Å²) in [5.74, 6) is -0.255. The first-order valence-corrected chi connectivity index (χ1v) is 12.5. The van der Waals surface area contributed by atoms with Crippen LogP contribution < -0.4 is 9.50 Å². The van der Waals surface area contributed by atoms with Crippen molar-refractivity contribution >= 4 is 21.7 Å². The summed E-state index contributed by atoms with van der Waals surface area (Å²) < 4.78 is 30.1. The van der Waals surface area contributed by atoms with Gasteiger partial charge in [-0.2, -0.15) is 8.42 Å². The molecule has 0 aliphatic carbocycles. The molecule has 2 unspecified atom stereocenters. The van der Waals surface area contributed by atoms with Crippen molar-refractivity contribution in [2.45, 2.75) is 30.3 Å². The van der Waals surface area contributed by atoms with Gasteiger partial charge in [-0.1, -0.05) is 36.4 Å². The van der Waals surface area contributed by atoms with Gasteiger partial charge in [0.25, 0.3) is 11.6 Å². The topological polar surface area (TPSA) is 119 Å². The van der Waals surface area contributed by atoms with Gasteiger partial charge in [-0.3, -0.25) is 19.8 Å². The van der Waals surface area contributed by atoms with Crippen LogP contribution in [0.1, 0.15) is 35.3 Å². The molecule has 0 saturated carbocycles. The molecule has 3 aromatic rings. The molecule has 1 aliphatic rings. The third kappa shape index (κ3) is 5.84. The second-order valence-electron chi connectivity index (χ2n) is 8.36. The summed E-state index contributed by atoms with van der Waals surface area (Å²) in [5, 5.41) is 13.9. The molecular weight excluding hydrogens is 470 g/mol. The van der Waals surface area contributed by atoms with E-state index in [9.17, 15) is 23.3 Å². The summed E-state index contributed by atoms with van der Waals surface area (Å²) in [6.07, 6.45) is 0.839. The third-order valence-corrected chi connectivity index (χ3v) is 7.27. The van der Waals surface area contributed by atoms with Crippen LogP contribution >= 0.6 is 0 Å². The zero-order valence-corrected chi connectivity index (χ0v) is 19.9. The van der Waals surface area contributed by atoms with Crippen LogP contribution in [0.25, 0.3) is 0 Å². The minimum atomic E-state index is -4.27. The second-order valence-corrected chi connectivity index (χ2v) is 9.90. The molecular formula is C25H25N3O6S. The summed E-state index contributed by atoms with van der Waals surface area (Å²) in [7, 11) is -4.27. The number of likely N-dealkylation sites (tertiary alicyclic amines) is 1. The van der Waals surface area contributed by atoms with E-state index in [-0.39, 0.29) is 34.3 Å². The number of hydrogen-bond acceptors (Lipinski definition) is 7. The number of carbonyl (C=O) groups is 1. The molecule has 3 aromatic carbocycles. The number of nitrogens with one attached hydrogen (secondary N) is 1. The van der Waals surface area contributed by atoms with Crippen molar-refractivity contribution in [1.29, 1.82) is 0 Å². The molecule has 1 heterocycles. The van der Waals surface area contributed by atoms with Crippen molar-refractivity contribution in [2.24, 2.45) is 0 Å². The number of nitro groups is 1. The molecule has 0 aromatic heterocycles. The Morgan fingerprint density at radius 2 is 1.80 bits per heavy atom. The summed E-state index contributed by atoms with van der Waals surface area (Å²) in [6, 6.07) is 20.8. The van der Waals surface area contributed by atoms with E-state index < -0.39 is 15.0 Å². The predicted molar refractivity (Wildman–Crippen MR) is 130 cm³/mol. The molecule has 4 rings (SSSR count). The maximum atomic E-state index is 12.7. The fourth-order valence-corrected chi connectivity index (χ4v) is 5.03. The first-order valence-electron chi connectivity index (χ1n) is 11.1. The number of nitrogens with zero attached hydrogens (tertiary/aromatic N) is 2. The SMILES string of the molecule is CC(c1ccccc1)N1CCC(NC(=O)c2ccc(OS(=O)(=O)c3cccc([N+](=O)[O-])c3)cc2)C1. The number of non-ortho nitro benzene ring substituents is 1. The largest absolute Gasteiger partial charge is 0.379 e. The smallest absolute Gasteiger partial charge is 0.339 e. The van der Waals surface area contributed by atoms with Crippen molar-refractivity contribution in [2.75, 3.05) is 13.1 Å². The van der Waals surface area contributed by atoms with Gasteiger partial charge in [-0.15, -0.1) is 0 Å². The first-order chi connectivity index (χ1) is 16.7. The minimum Gasteiger partial charge on any atom is -0.379 e. The highest BCUT2D eigenvalue weighted by atomic mass is 32.2. The molecule has 0 spiro atoms. The lowest BCUT2D eigenvalue weighted by atomic mass is 10.1. The van der Waals surface area contributed by atoms with Crippen molar-refractivity contribution in [3.8, 4) is 5.75 Å². The van der Waals surface area contributed by atoms with Gasteiger partial charge in [0.15, 0.2) is 0 Å². The van der Waals surface area contributed by atoms with E-state index in [1.54, 1.807) is 0 Å². The Morgan fingerprint density at radius 1 is 1.09 bits per heavy atom. The van der Waals surface area contributed by atoms with Crippen molar-refractivity contribution in [1.82, 2.24) is 10.2 Å². The van der Waals surface area contributed by atoms with Crippen LogP contribution in [0.15, 0.2) is 83.8 Å². The Bertz CT molecular complexity index is 1310. The maximum absolute atomic E-state index is 12.7. The standard InChI is InChI=1S/C25H25N3O6S/c1-18(19-6-3-2-4-7-19)27-15-14-21(17-27)26-25(29)20-10-12-23(13-11-20)34-35(32,33)24-9-5-8-22(16-24)28(30)31/h2-13,16,18,21H,14-15,17H2,1H3,(H,26,29). The van der Waals surface area contributed by atoms with Gasteiger partial charge in [0.1, 0.15) is 10.6 Å². The average molecular weight is 496 g/mol. The molecule has 1 amide bonds. The monoisotopic (exact) mass is 495 g/mol. The Kier molecular flexibility index (Phi) is 7.13. The van der Waals surface area contributed by atoms with Gasteiger partial charge in [0.05, 0.1) is 4.92 Å². The Labute approximate surface area is 203 Å². The van der Waals surface area contributed by atoms with Gasteiger partial charge in [-0.05, 0) is 49.2 Å². The fourth-order valence-electron chi connectivity index (χ4n) is 4.06. The molecule has 1 aliphatic heterocycles. The predicted octanol–water partition coefficient (Wildman–Crippen LogP) is 3.93. The maximum Gasteiger partial charge on any atom is 0.339 e. The summed E-state index contributed by atoms with van der Waals surface area (Å²) >= 11 is 0. The van der Waals surface area contributed by atoms with Gasteiger partial charge < -0.3 is 9.50 Å². The third-order valence-electron chi connectivity index (χ3n) is 6.02. The van der Waals surface area contributed by atoms with E-state index in [4.69, 9.17) is 4.18 Å². The average Bonchev–Trinajstić information content (AvgIpc) is 3.32. The van der Waals surface area contributed by atoms with Crippen molar-refractivity contribution in [3.05, 3.63) is 100 Å². The highest BCUT2D eigenvalue weighted by molar-refractivity contribution is 7.87. The van der Waals surface area contributed by atoms with Crippen LogP contribution in [-0.2, 0) is 10.1 Å². The number of rotatable bonds is 8. The quantitative estimate of drug-likeness (QED) is 0.286. The first kappa shape index (κ1) is 24.4. The number of carbonyl (C=O) groups excluding carboxylic acids is 1. The number of nitro benzene ring substituents is 1. The van der Waals surface area contributed by atoms with Crippen LogP contribution in [0.4, 0.5) is 5.69 Å². The molecule has 1 saturated heterocycles. The van der Waals surface area contributed by atoms with E-state index in [0.717, 1.165) is 25.6 Å². The fraction of sp³-hybridized carbons (Fsp3) is 0.240. The van der Waals surface area contributed by atoms with E-state index in [1.807, 2.05) is 18.2 Å². The van der Waals surface area contributed by atoms with Crippen molar-refractivity contribution in [3.63, 3.8) is 0 Å². The van der Waals surface area contributed by atoms with Crippen molar-refractivity contribution < 1.29 is 22.3 Å². The minimum absolute atomic E-state index is 0.00298. The van der Waals surface area contributed by atoms with Gasteiger partial charge in [-0.25, -0.2) is 0 Å². The summed E-state index contributed by atoms with van der Waals surface area (Å²) in [5.41, 5.74) is 1.25. The summed E-state index contributed by atoms with van der Waals surface area (Å²) in [6.45, 7) is 3.77. The van der Waals surface area contributed by atoms with E-state index >= 15 is 0 Å². The van der Waals surface area contributed by atoms with Crippen LogP contribution in [0, 0.1) is 10.1 Å². The molecule has 1 fully saturated rings. The lowest BCUT2D eigenvalue weighted by molar-refractivity contribution is -0.385. The van der Waals surface area contributed by atoms with Crippen LogP contribution in [0.2, 0.25) is 0 Å².